The average molecular weight is 219 g/mol. The van der Waals surface area contributed by atoms with E-state index in [1.54, 1.807) is 6.92 Å². The lowest BCUT2D eigenvalue weighted by Gasteiger charge is -2.28. The zero-order chi connectivity index (χ0) is 11.5. The molecular weight excluding hydrogens is 198 g/mol. The number of hydrogen-bond donors (Lipinski definition) is 2. The maximum Gasteiger partial charge on any atom is 0.0761 e. The van der Waals surface area contributed by atoms with Gasteiger partial charge in [0.25, 0.3) is 0 Å². The highest BCUT2D eigenvalue weighted by atomic mass is 16.3. The van der Waals surface area contributed by atoms with Gasteiger partial charge in [0.05, 0.1) is 6.10 Å². The summed E-state index contributed by atoms with van der Waals surface area (Å²) < 4.78 is 0. The molecule has 0 bridgehead atoms. The van der Waals surface area contributed by atoms with E-state index in [2.05, 4.69) is 24.4 Å². The van der Waals surface area contributed by atoms with Gasteiger partial charge < -0.3 is 10.4 Å². The minimum Gasteiger partial charge on any atom is -0.389 e. The summed E-state index contributed by atoms with van der Waals surface area (Å²) >= 11 is 0. The van der Waals surface area contributed by atoms with Gasteiger partial charge in [-0.1, -0.05) is 31.2 Å². The van der Waals surface area contributed by atoms with E-state index in [1.807, 2.05) is 12.1 Å². The quantitative estimate of drug-likeness (QED) is 0.801. The second-order valence-corrected chi connectivity index (χ2v) is 4.99. The van der Waals surface area contributed by atoms with Gasteiger partial charge in [0.2, 0.25) is 0 Å². The van der Waals surface area contributed by atoms with Crippen LogP contribution >= 0.6 is 0 Å². The molecule has 2 heteroatoms. The van der Waals surface area contributed by atoms with Gasteiger partial charge in [-0.15, -0.1) is 0 Å². The number of rotatable bonds is 2. The van der Waals surface area contributed by atoms with E-state index in [4.69, 9.17) is 0 Å². The predicted molar refractivity (Wildman–Crippen MR) is 66.2 cm³/mol. The second-order valence-electron chi connectivity index (χ2n) is 4.99. The molecule has 1 aromatic rings. The van der Waals surface area contributed by atoms with Crippen molar-refractivity contribution >= 4 is 0 Å². The normalized spacial score (nSPS) is 27.7. The van der Waals surface area contributed by atoms with Gasteiger partial charge in [0.1, 0.15) is 0 Å². The van der Waals surface area contributed by atoms with Gasteiger partial charge in [-0.2, -0.15) is 0 Å². The van der Waals surface area contributed by atoms with Crippen molar-refractivity contribution in [1.29, 1.82) is 0 Å². The molecule has 1 saturated heterocycles. The standard InChI is InChI=1S/C14H21NO/c1-10-3-8-14(15-9-10)13-6-4-12(5-7-13)11(2)16/h4-7,10-11,14-16H,3,8-9H2,1-2H3/t10-,11?,14+/m0/s1. The molecule has 0 spiro atoms. The molecule has 0 aliphatic carbocycles. The van der Waals surface area contributed by atoms with Crippen molar-refractivity contribution in [2.24, 2.45) is 5.92 Å². The van der Waals surface area contributed by atoms with Crippen LogP contribution in [0.1, 0.15) is 50.0 Å². The Morgan fingerprint density at radius 3 is 2.44 bits per heavy atom. The van der Waals surface area contributed by atoms with Crippen molar-refractivity contribution in [3.8, 4) is 0 Å². The Balaban J connectivity index is 2.04. The lowest BCUT2D eigenvalue weighted by Crippen LogP contribution is -2.31. The summed E-state index contributed by atoms with van der Waals surface area (Å²) in [5.74, 6) is 0.799. The molecule has 0 amide bonds. The summed E-state index contributed by atoms with van der Waals surface area (Å²) in [7, 11) is 0. The smallest absolute Gasteiger partial charge is 0.0761 e. The fourth-order valence-corrected chi connectivity index (χ4v) is 2.29. The monoisotopic (exact) mass is 219 g/mol. The van der Waals surface area contributed by atoms with Crippen LogP contribution in [0.25, 0.3) is 0 Å². The molecule has 1 unspecified atom stereocenters. The molecule has 3 atom stereocenters. The van der Waals surface area contributed by atoms with E-state index < -0.39 is 0 Å². The Morgan fingerprint density at radius 2 is 1.94 bits per heavy atom. The Labute approximate surface area is 97.7 Å². The molecule has 1 aromatic carbocycles. The molecule has 88 valence electrons. The highest BCUT2D eigenvalue weighted by Gasteiger charge is 2.18. The van der Waals surface area contributed by atoms with Crippen LogP contribution < -0.4 is 5.32 Å². The average Bonchev–Trinajstić information content (AvgIpc) is 2.30. The van der Waals surface area contributed by atoms with Crippen LogP contribution in [0.3, 0.4) is 0 Å². The third-order valence-electron chi connectivity index (χ3n) is 3.48. The third kappa shape index (κ3) is 2.63. The molecular formula is C14H21NO. The minimum atomic E-state index is -0.367. The van der Waals surface area contributed by atoms with Gasteiger partial charge in [-0.05, 0) is 43.4 Å². The van der Waals surface area contributed by atoms with Crippen LogP contribution in [0.4, 0.5) is 0 Å². The van der Waals surface area contributed by atoms with Crippen LogP contribution in [-0.2, 0) is 0 Å². The first-order valence-corrected chi connectivity index (χ1v) is 6.18. The number of aliphatic hydroxyl groups excluding tert-OH is 1. The zero-order valence-corrected chi connectivity index (χ0v) is 10.1. The molecule has 0 radical (unpaired) electrons. The Hall–Kier alpha value is -0.860. The zero-order valence-electron chi connectivity index (χ0n) is 10.1. The van der Waals surface area contributed by atoms with Crippen molar-refractivity contribution in [3.63, 3.8) is 0 Å². The van der Waals surface area contributed by atoms with E-state index >= 15 is 0 Å². The van der Waals surface area contributed by atoms with Gasteiger partial charge >= 0.3 is 0 Å². The van der Waals surface area contributed by atoms with Gasteiger partial charge in [-0.25, -0.2) is 0 Å². The fraction of sp³-hybridized carbons (Fsp3) is 0.571. The highest BCUT2D eigenvalue weighted by Crippen LogP contribution is 2.26. The molecule has 1 fully saturated rings. The van der Waals surface area contributed by atoms with Gasteiger partial charge in [0.15, 0.2) is 0 Å². The largest absolute Gasteiger partial charge is 0.389 e. The summed E-state index contributed by atoms with van der Waals surface area (Å²) in [6, 6.07) is 8.82. The van der Waals surface area contributed by atoms with E-state index in [1.165, 1.54) is 18.4 Å². The van der Waals surface area contributed by atoms with E-state index in [0.717, 1.165) is 18.0 Å². The van der Waals surface area contributed by atoms with E-state index in [9.17, 15) is 5.11 Å². The number of hydrogen-bond acceptors (Lipinski definition) is 2. The predicted octanol–water partition coefficient (Wildman–Crippen LogP) is 2.80. The molecule has 0 aromatic heterocycles. The summed E-state index contributed by atoms with van der Waals surface area (Å²) in [4.78, 5) is 0. The molecule has 0 saturated carbocycles. The van der Waals surface area contributed by atoms with Gasteiger partial charge in [0, 0.05) is 6.04 Å². The molecule has 16 heavy (non-hydrogen) atoms. The van der Waals surface area contributed by atoms with Crippen molar-refractivity contribution in [3.05, 3.63) is 35.4 Å². The van der Waals surface area contributed by atoms with Crippen LogP contribution in [-0.4, -0.2) is 11.7 Å². The number of aliphatic hydroxyl groups is 1. The summed E-state index contributed by atoms with van der Waals surface area (Å²) in [5.41, 5.74) is 2.34. The Morgan fingerprint density at radius 1 is 1.25 bits per heavy atom. The Kier molecular flexibility index (Phi) is 3.62. The van der Waals surface area contributed by atoms with Crippen molar-refractivity contribution < 1.29 is 5.11 Å². The Bertz CT molecular complexity index is 323. The summed E-state index contributed by atoms with van der Waals surface area (Å²) in [6.45, 7) is 5.21. The summed E-state index contributed by atoms with van der Waals surface area (Å²) in [6.07, 6.45) is 2.15. The fourth-order valence-electron chi connectivity index (χ4n) is 2.29. The van der Waals surface area contributed by atoms with E-state index in [0.29, 0.717) is 6.04 Å². The first kappa shape index (κ1) is 11.6. The number of nitrogens with one attached hydrogen (secondary N) is 1. The van der Waals surface area contributed by atoms with Crippen LogP contribution in [0, 0.1) is 5.92 Å². The SMILES string of the molecule is CC(O)c1ccc([C@H]2CC[C@H](C)CN2)cc1. The van der Waals surface area contributed by atoms with E-state index in [-0.39, 0.29) is 6.10 Å². The molecule has 2 N–H and O–H groups in total. The maximum atomic E-state index is 9.44. The van der Waals surface area contributed by atoms with Gasteiger partial charge in [-0.3, -0.25) is 0 Å². The lowest BCUT2D eigenvalue weighted by atomic mass is 9.91. The van der Waals surface area contributed by atoms with Crippen molar-refractivity contribution in [2.75, 3.05) is 6.54 Å². The molecule has 1 aliphatic heterocycles. The summed E-state index contributed by atoms with van der Waals surface area (Å²) in [5, 5.41) is 13.0. The lowest BCUT2D eigenvalue weighted by molar-refractivity contribution is 0.199. The first-order chi connectivity index (χ1) is 7.66. The van der Waals surface area contributed by atoms with Crippen LogP contribution in [0.2, 0.25) is 0 Å². The molecule has 2 rings (SSSR count). The molecule has 2 nitrogen and oxygen atoms in total. The minimum absolute atomic E-state index is 0.367. The number of benzene rings is 1. The third-order valence-corrected chi connectivity index (χ3v) is 3.48. The first-order valence-electron chi connectivity index (χ1n) is 6.18. The molecule has 1 aliphatic rings. The van der Waals surface area contributed by atoms with Crippen LogP contribution in [0.5, 0.6) is 0 Å². The van der Waals surface area contributed by atoms with Crippen LogP contribution in [0.15, 0.2) is 24.3 Å². The highest BCUT2D eigenvalue weighted by molar-refractivity contribution is 5.26. The topological polar surface area (TPSA) is 32.3 Å². The maximum absolute atomic E-state index is 9.44. The number of piperidine rings is 1. The van der Waals surface area contributed by atoms with Crippen molar-refractivity contribution in [2.45, 2.75) is 38.8 Å². The van der Waals surface area contributed by atoms with Crippen molar-refractivity contribution in [1.82, 2.24) is 5.32 Å². The second kappa shape index (κ2) is 4.98. The molecule has 1 heterocycles.